The van der Waals surface area contributed by atoms with Crippen LogP contribution in [0.15, 0.2) is 84.9 Å². The zero-order chi connectivity index (χ0) is 20.2. The predicted octanol–water partition coefficient (Wildman–Crippen LogP) is 7.15. The molecule has 0 amide bonds. The van der Waals surface area contributed by atoms with Gasteiger partial charge in [0.05, 0.1) is 11.4 Å². The molecule has 142 valence electrons. The number of rotatable bonds is 2. The van der Waals surface area contributed by atoms with E-state index < -0.39 is 0 Å². The summed E-state index contributed by atoms with van der Waals surface area (Å²) in [6.07, 6.45) is 0. The molecule has 0 radical (unpaired) electrons. The van der Waals surface area contributed by atoms with Gasteiger partial charge in [-0.15, -0.1) is 0 Å². The molecule has 5 rings (SSSR count). The molecule has 0 aliphatic carbocycles. The van der Waals surface area contributed by atoms with Crippen molar-refractivity contribution >= 4 is 33.6 Å². The van der Waals surface area contributed by atoms with Gasteiger partial charge in [-0.1, -0.05) is 68.4 Å². The van der Waals surface area contributed by atoms with Gasteiger partial charge < -0.3 is 4.90 Å². The number of hydrogen-bond acceptors (Lipinski definition) is 2. The summed E-state index contributed by atoms with van der Waals surface area (Å²) in [5.41, 5.74) is 6.77. The lowest BCUT2D eigenvalue weighted by atomic mass is 9.71. The van der Waals surface area contributed by atoms with E-state index in [0.717, 1.165) is 16.6 Å². The molecule has 4 aromatic carbocycles. The van der Waals surface area contributed by atoms with Crippen molar-refractivity contribution in [3.63, 3.8) is 0 Å². The summed E-state index contributed by atoms with van der Waals surface area (Å²) in [5.74, 6) is 0.0974. The Morgan fingerprint density at radius 3 is 2.28 bits per heavy atom. The summed E-state index contributed by atoms with van der Waals surface area (Å²) in [6.45, 7) is 6.22. The molecule has 1 aliphatic heterocycles. The van der Waals surface area contributed by atoms with Crippen LogP contribution in [0.4, 0.5) is 17.1 Å². The number of carbonyl (C=O) groups is 1. The zero-order valence-corrected chi connectivity index (χ0v) is 16.9. The van der Waals surface area contributed by atoms with Crippen LogP contribution in [0.1, 0.15) is 42.3 Å². The maximum Gasteiger partial charge on any atom is 0.159 e. The summed E-state index contributed by atoms with van der Waals surface area (Å²) in [7, 11) is 0. The van der Waals surface area contributed by atoms with Crippen LogP contribution in [0.2, 0.25) is 0 Å². The second-order valence-electron chi connectivity index (χ2n) is 8.26. The Morgan fingerprint density at radius 2 is 1.52 bits per heavy atom. The number of ketones is 1. The molecule has 2 heteroatoms. The molecule has 2 nitrogen and oxygen atoms in total. The SMILES string of the molecule is CC(=O)c1ccc2c3c(ccc2c1)N(c1ccccc1)c1ccccc1C3(C)C. The Kier molecular flexibility index (Phi) is 3.85. The van der Waals surface area contributed by atoms with Crippen molar-refractivity contribution in [3.05, 3.63) is 102 Å². The monoisotopic (exact) mass is 377 g/mol. The molecule has 1 heterocycles. The largest absolute Gasteiger partial charge is 0.310 e. The van der Waals surface area contributed by atoms with Crippen molar-refractivity contribution in [2.24, 2.45) is 0 Å². The van der Waals surface area contributed by atoms with Crippen molar-refractivity contribution < 1.29 is 4.79 Å². The molecular formula is C27H23NO. The first-order valence-electron chi connectivity index (χ1n) is 10.0. The van der Waals surface area contributed by atoms with Crippen molar-refractivity contribution in [3.8, 4) is 0 Å². The van der Waals surface area contributed by atoms with Crippen LogP contribution in [0.25, 0.3) is 10.8 Å². The van der Waals surface area contributed by atoms with Crippen LogP contribution in [-0.2, 0) is 5.41 Å². The molecule has 0 saturated heterocycles. The van der Waals surface area contributed by atoms with Gasteiger partial charge in [0.1, 0.15) is 0 Å². The lowest BCUT2D eigenvalue weighted by molar-refractivity contribution is 0.101. The molecule has 0 bridgehead atoms. The van der Waals surface area contributed by atoms with Crippen LogP contribution < -0.4 is 4.90 Å². The molecule has 0 N–H and O–H groups in total. The van der Waals surface area contributed by atoms with Crippen LogP contribution in [-0.4, -0.2) is 5.78 Å². The fraction of sp³-hybridized carbons (Fsp3) is 0.148. The second kappa shape index (κ2) is 6.31. The van der Waals surface area contributed by atoms with E-state index in [0.29, 0.717) is 0 Å². The molecule has 0 unspecified atom stereocenters. The van der Waals surface area contributed by atoms with Crippen molar-refractivity contribution in [1.29, 1.82) is 0 Å². The van der Waals surface area contributed by atoms with E-state index in [-0.39, 0.29) is 11.2 Å². The average Bonchev–Trinajstić information content (AvgIpc) is 2.74. The minimum absolute atomic E-state index is 0.0974. The van der Waals surface area contributed by atoms with Crippen LogP contribution in [0.3, 0.4) is 0 Å². The van der Waals surface area contributed by atoms with Crippen LogP contribution in [0.5, 0.6) is 0 Å². The van der Waals surface area contributed by atoms with Gasteiger partial charge in [0.25, 0.3) is 0 Å². The summed E-state index contributed by atoms with van der Waals surface area (Å²) in [6, 6.07) is 29.6. The predicted molar refractivity (Wildman–Crippen MR) is 121 cm³/mol. The Balaban J connectivity index is 1.87. The Hall–Kier alpha value is -3.39. The highest BCUT2D eigenvalue weighted by molar-refractivity contribution is 6.02. The molecule has 0 spiro atoms. The molecule has 4 aromatic rings. The number of fused-ring (bicyclic) bond motifs is 4. The Labute approximate surface area is 171 Å². The molecule has 0 fully saturated rings. The third-order valence-corrected chi connectivity index (χ3v) is 6.10. The van der Waals surface area contributed by atoms with E-state index in [9.17, 15) is 4.79 Å². The quantitative estimate of drug-likeness (QED) is 0.346. The Morgan fingerprint density at radius 1 is 0.793 bits per heavy atom. The number of hydrogen-bond donors (Lipinski definition) is 0. The third kappa shape index (κ3) is 2.60. The highest BCUT2D eigenvalue weighted by atomic mass is 16.1. The van der Waals surface area contributed by atoms with E-state index in [1.807, 2.05) is 18.2 Å². The normalized spacial score (nSPS) is 14.4. The van der Waals surface area contributed by atoms with E-state index in [2.05, 4.69) is 85.5 Å². The number of anilines is 3. The van der Waals surface area contributed by atoms with E-state index in [1.165, 1.54) is 27.9 Å². The summed E-state index contributed by atoms with van der Waals surface area (Å²) >= 11 is 0. The first-order valence-corrected chi connectivity index (χ1v) is 10.0. The molecule has 29 heavy (non-hydrogen) atoms. The standard InChI is InChI=1S/C27H23NO/c1-18(29)19-13-15-22-20(17-19)14-16-25-26(22)27(2,3)23-11-7-8-12-24(23)28(25)21-9-5-4-6-10-21/h4-17H,1-3H3. The highest BCUT2D eigenvalue weighted by Crippen LogP contribution is 2.53. The van der Waals surface area contributed by atoms with Gasteiger partial charge in [-0.3, -0.25) is 4.79 Å². The van der Waals surface area contributed by atoms with Gasteiger partial charge in [0.2, 0.25) is 0 Å². The number of nitrogens with zero attached hydrogens (tertiary/aromatic N) is 1. The smallest absolute Gasteiger partial charge is 0.159 e. The number of Topliss-reactive ketones (excluding diaryl/α,β-unsaturated/α-hetero) is 1. The number of benzene rings is 4. The van der Waals surface area contributed by atoms with Crippen LogP contribution >= 0.6 is 0 Å². The van der Waals surface area contributed by atoms with E-state index in [1.54, 1.807) is 6.92 Å². The first-order chi connectivity index (χ1) is 14.0. The highest BCUT2D eigenvalue weighted by Gasteiger charge is 2.37. The maximum atomic E-state index is 11.9. The van der Waals surface area contributed by atoms with Gasteiger partial charge >= 0.3 is 0 Å². The lowest BCUT2D eigenvalue weighted by Crippen LogP contribution is -2.30. The third-order valence-electron chi connectivity index (χ3n) is 6.10. The van der Waals surface area contributed by atoms with Crippen molar-refractivity contribution in [1.82, 2.24) is 0 Å². The lowest BCUT2D eigenvalue weighted by Gasteiger charge is -2.42. The van der Waals surface area contributed by atoms with Crippen molar-refractivity contribution in [2.75, 3.05) is 4.90 Å². The van der Waals surface area contributed by atoms with Gasteiger partial charge in [0, 0.05) is 16.7 Å². The molecule has 1 aliphatic rings. The first kappa shape index (κ1) is 17.7. The molecule has 0 aromatic heterocycles. The van der Waals surface area contributed by atoms with E-state index >= 15 is 0 Å². The summed E-state index contributed by atoms with van der Waals surface area (Å²) < 4.78 is 0. The average molecular weight is 377 g/mol. The molecule has 0 saturated carbocycles. The van der Waals surface area contributed by atoms with Gasteiger partial charge in [-0.05, 0) is 59.2 Å². The number of para-hydroxylation sites is 2. The van der Waals surface area contributed by atoms with Gasteiger partial charge in [-0.2, -0.15) is 0 Å². The van der Waals surface area contributed by atoms with Gasteiger partial charge in [-0.25, -0.2) is 0 Å². The fourth-order valence-corrected chi connectivity index (χ4v) is 4.70. The maximum absolute atomic E-state index is 11.9. The zero-order valence-electron chi connectivity index (χ0n) is 16.9. The second-order valence-corrected chi connectivity index (χ2v) is 8.26. The molecular weight excluding hydrogens is 354 g/mol. The van der Waals surface area contributed by atoms with Gasteiger partial charge in [0.15, 0.2) is 5.78 Å². The summed E-state index contributed by atoms with van der Waals surface area (Å²) in [4.78, 5) is 14.3. The van der Waals surface area contributed by atoms with E-state index in [4.69, 9.17) is 0 Å². The fourth-order valence-electron chi connectivity index (χ4n) is 4.70. The Bertz CT molecular complexity index is 1250. The summed E-state index contributed by atoms with van der Waals surface area (Å²) in [5, 5.41) is 2.31. The minimum atomic E-state index is -0.158. The number of carbonyl (C=O) groups excluding carboxylic acids is 1. The molecule has 0 atom stereocenters. The topological polar surface area (TPSA) is 20.3 Å². The van der Waals surface area contributed by atoms with Crippen molar-refractivity contribution in [2.45, 2.75) is 26.2 Å². The van der Waals surface area contributed by atoms with Crippen LogP contribution in [0, 0.1) is 0 Å². The minimum Gasteiger partial charge on any atom is -0.310 e.